The van der Waals surface area contributed by atoms with Gasteiger partial charge in [0.05, 0.1) is 18.8 Å². The first kappa shape index (κ1) is 12.0. The summed E-state index contributed by atoms with van der Waals surface area (Å²) in [5.74, 6) is 5.67. The molecule has 3 N–H and O–H groups in total. The van der Waals surface area contributed by atoms with Crippen molar-refractivity contribution in [3.8, 4) is 0 Å². The van der Waals surface area contributed by atoms with Crippen LogP contribution in [0.4, 0.5) is 0 Å². The Kier molecular flexibility index (Phi) is 3.94. The molecule has 0 radical (unpaired) electrons. The maximum Gasteiger partial charge on any atom is 0.0917 e. The van der Waals surface area contributed by atoms with Crippen LogP contribution in [0, 0.1) is 6.92 Å². The number of rotatable bonds is 3. The molecule has 0 spiro atoms. The largest absolute Gasteiger partial charge is 0.373 e. The lowest BCUT2D eigenvalue weighted by atomic mass is 10.1. The smallest absolute Gasteiger partial charge is 0.0917 e. The summed E-state index contributed by atoms with van der Waals surface area (Å²) >= 11 is 1.74. The van der Waals surface area contributed by atoms with Crippen molar-refractivity contribution in [1.29, 1.82) is 0 Å². The first-order valence-corrected chi connectivity index (χ1v) is 6.40. The van der Waals surface area contributed by atoms with Crippen LogP contribution in [0.15, 0.2) is 11.4 Å². The average molecular weight is 241 g/mol. The highest BCUT2D eigenvalue weighted by Gasteiger charge is 2.28. The van der Waals surface area contributed by atoms with Gasteiger partial charge in [0, 0.05) is 18.0 Å². The van der Waals surface area contributed by atoms with E-state index in [1.54, 1.807) is 11.3 Å². The second kappa shape index (κ2) is 5.25. The fourth-order valence-corrected chi connectivity index (χ4v) is 3.11. The number of aryl methyl sites for hydroxylation is 1. The van der Waals surface area contributed by atoms with Gasteiger partial charge in [-0.2, -0.15) is 0 Å². The summed E-state index contributed by atoms with van der Waals surface area (Å²) < 4.78 is 5.80. The van der Waals surface area contributed by atoms with Gasteiger partial charge in [-0.25, -0.2) is 5.43 Å². The van der Waals surface area contributed by atoms with Crippen LogP contribution in [0.25, 0.3) is 0 Å². The maximum atomic E-state index is 5.80. The van der Waals surface area contributed by atoms with E-state index < -0.39 is 0 Å². The zero-order valence-electron chi connectivity index (χ0n) is 9.77. The van der Waals surface area contributed by atoms with Crippen molar-refractivity contribution in [2.75, 3.05) is 26.7 Å². The van der Waals surface area contributed by atoms with Crippen LogP contribution in [-0.2, 0) is 4.74 Å². The monoisotopic (exact) mass is 241 g/mol. The quantitative estimate of drug-likeness (QED) is 0.609. The van der Waals surface area contributed by atoms with Crippen LogP contribution in [-0.4, -0.2) is 37.7 Å². The van der Waals surface area contributed by atoms with Crippen LogP contribution in [0.5, 0.6) is 0 Å². The van der Waals surface area contributed by atoms with Crippen molar-refractivity contribution < 1.29 is 4.74 Å². The van der Waals surface area contributed by atoms with Crippen molar-refractivity contribution in [2.45, 2.75) is 19.1 Å². The molecule has 2 atom stereocenters. The zero-order valence-corrected chi connectivity index (χ0v) is 10.6. The molecule has 1 fully saturated rings. The van der Waals surface area contributed by atoms with Gasteiger partial charge in [-0.1, -0.05) is 0 Å². The molecule has 1 aromatic heterocycles. The lowest BCUT2D eigenvalue weighted by Gasteiger charge is -2.34. The normalized spacial score (nSPS) is 24.6. The Morgan fingerprint density at radius 3 is 3.06 bits per heavy atom. The van der Waals surface area contributed by atoms with E-state index in [4.69, 9.17) is 10.6 Å². The van der Waals surface area contributed by atoms with E-state index in [-0.39, 0.29) is 12.1 Å². The van der Waals surface area contributed by atoms with Crippen LogP contribution in [0.3, 0.4) is 0 Å². The number of nitrogens with zero attached hydrogens (tertiary/aromatic N) is 1. The Morgan fingerprint density at radius 2 is 2.50 bits per heavy atom. The molecule has 5 heteroatoms. The summed E-state index contributed by atoms with van der Waals surface area (Å²) in [6, 6.07) is 2.22. The van der Waals surface area contributed by atoms with Gasteiger partial charge in [-0.15, -0.1) is 11.3 Å². The first-order valence-electron chi connectivity index (χ1n) is 5.52. The van der Waals surface area contributed by atoms with E-state index in [1.165, 1.54) is 10.4 Å². The number of hydrogen-bond donors (Lipinski definition) is 2. The van der Waals surface area contributed by atoms with Crippen molar-refractivity contribution >= 4 is 11.3 Å². The Balaban J connectivity index is 2.13. The van der Waals surface area contributed by atoms with Crippen LogP contribution < -0.4 is 11.3 Å². The predicted octanol–water partition coefficient (Wildman–Crippen LogP) is 0.892. The van der Waals surface area contributed by atoms with Gasteiger partial charge >= 0.3 is 0 Å². The highest BCUT2D eigenvalue weighted by molar-refractivity contribution is 7.10. The molecule has 90 valence electrons. The number of morpholine rings is 1. The molecule has 16 heavy (non-hydrogen) atoms. The molecule has 2 heterocycles. The summed E-state index contributed by atoms with van der Waals surface area (Å²) in [5, 5.41) is 2.10. The third kappa shape index (κ3) is 2.44. The summed E-state index contributed by atoms with van der Waals surface area (Å²) in [5.41, 5.74) is 4.18. The Hall–Kier alpha value is -0.460. The number of ether oxygens (including phenoxy) is 1. The van der Waals surface area contributed by atoms with Crippen molar-refractivity contribution in [3.05, 3.63) is 21.9 Å². The maximum absolute atomic E-state index is 5.80. The number of hydrazine groups is 1. The second-order valence-electron chi connectivity index (χ2n) is 4.28. The molecule has 0 aliphatic carbocycles. The number of hydrogen-bond acceptors (Lipinski definition) is 5. The van der Waals surface area contributed by atoms with Crippen LogP contribution in [0.2, 0.25) is 0 Å². The lowest BCUT2D eigenvalue weighted by molar-refractivity contribution is -0.0387. The minimum absolute atomic E-state index is 0.0998. The summed E-state index contributed by atoms with van der Waals surface area (Å²) in [6.07, 6.45) is 0.140. The standard InChI is InChI=1S/C11H19N3OS/c1-8-3-6-16-11(8)10(13-12)9-7-14(2)4-5-15-9/h3,6,9-10,13H,4-5,7,12H2,1-2H3. The lowest BCUT2D eigenvalue weighted by Crippen LogP contribution is -2.48. The van der Waals surface area contributed by atoms with Crippen molar-refractivity contribution in [1.82, 2.24) is 10.3 Å². The fraction of sp³-hybridized carbons (Fsp3) is 0.636. The van der Waals surface area contributed by atoms with E-state index in [1.807, 2.05) is 0 Å². The molecule has 0 bridgehead atoms. The van der Waals surface area contributed by atoms with E-state index >= 15 is 0 Å². The number of thiophene rings is 1. The summed E-state index contributed by atoms with van der Waals surface area (Å²) in [7, 11) is 2.12. The molecule has 1 aromatic rings. The molecule has 2 unspecified atom stereocenters. The Bertz CT molecular complexity index is 342. The van der Waals surface area contributed by atoms with Gasteiger partial charge in [0.2, 0.25) is 0 Å². The van der Waals surface area contributed by atoms with Gasteiger partial charge in [0.15, 0.2) is 0 Å². The van der Waals surface area contributed by atoms with E-state index in [9.17, 15) is 0 Å². The zero-order chi connectivity index (χ0) is 11.5. The third-order valence-electron chi connectivity index (χ3n) is 3.03. The minimum Gasteiger partial charge on any atom is -0.373 e. The summed E-state index contributed by atoms with van der Waals surface area (Å²) in [6.45, 7) is 4.82. The third-order valence-corrected chi connectivity index (χ3v) is 4.13. The molecule has 0 aromatic carbocycles. The highest BCUT2D eigenvalue weighted by atomic mass is 32.1. The van der Waals surface area contributed by atoms with Crippen LogP contribution in [0.1, 0.15) is 16.5 Å². The second-order valence-corrected chi connectivity index (χ2v) is 5.23. The van der Waals surface area contributed by atoms with Crippen LogP contribution >= 0.6 is 11.3 Å². The summed E-state index contributed by atoms with van der Waals surface area (Å²) in [4.78, 5) is 3.56. The number of nitrogens with two attached hydrogens (primary N) is 1. The Labute approximate surface area is 100 Å². The van der Waals surface area contributed by atoms with Crippen molar-refractivity contribution in [3.63, 3.8) is 0 Å². The highest BCUT2D eigenvalue weighted by Crippen LogP contribution is 2.28. The molecule has 1 aliphatic heterocycles. The van der Waals surface area contributed by atoms with E-state index in [2.05, 4.69) is 35.7 Å². The predicted molar refractivity (Wildman–Crippen MR) is 66.4 cm³/mol. The molecule has 0 amide bonds. The molecular formula is C11H19N3OS. The van der Waals surface area contributed by atoms with E-state index in [0.29, 0.717) is 0 Å². The number of likely N-dealkylation sites (N-methyl/N-ethyl adjacent to an activating group) is 1. The molecule has 1 aliphatic rings. The molecule has 0 saturated carbocycles. The topological polar surface area (TPSA) is 50.5 Å². The molecular weight excluding hydrogens is 222 g/mol. The van der Waals surface area contributed by atoms with Gasteiger partial charge in [-0.05, 0) is 31.0 Å². The van der Waals surface area contributed by atoms with Gasteiger partial charge < -0.3 is 9.64 Å². The minimum atomic E-state index is 0.0998. The SMILES string of the molecule is Cc1ccsc1C(NN)C1CN(C)CCO1. The average Bonchev–Trinajstić information content (AvgIpc) is 2.67. The van der Waals surface area contributed by atoms with Gasteiger partial charge in [0.25, 0.3) is 0 Å². The van der Waals surface area contributed by atoms with E-state index in [0.717, 1.165) is 19.7 Å². The van der Waals surface area contributed by atoms with Gasteiger partial charge in [0.1, 0.15) is 0 Å². The molecule has 2 rings (SSSR count). The first-order chi connectivity index (χ1) is 7.72. The van der Waals surface area contributed by atoms with Crippen molar-refractivity contribution in [2.24, 2.45) is 5.84 Å². The Morgan fingerprint density at radius 1 is 1.69 bits per heavy atom. The molecule has 4 nitrogen and oxygen atoms in total. The van der Waals surface area contributed by atoms with Gasteiger partial charge in [-0.3, -0.25) is 5.84 Å². The molecule has 1 saturated heterocycles. The number of nitrogens with one attached hydrogen (secondary N) is 1. The fourth-order valence-electron chi connectivity index (χ4n) is 2.07.